The van der Waals surface area contributed by atoms with Crippen molar-refractivity contribution >= 4 is 29.0 Å². The molecule has 1 amide bonds. The zero-order chi connectivity index (χ0) is 13.1. The van der Waals surface area contributed by atoms with Crippen LogP contribution in [0.4, 0.5) is 15.9 Å². The van der Waals surface area contributed by atoms with Crippen LogP contribution in [0.3, 0.4) is 0 Å². The van der Waals surface area contributed by atoms with E-state index in [0.717, 1.165) is 6.07 Å². The molecule has 3 N–H and O–H groups in total. The van der Waals surface area contributed by atoms with Crippen LogP contribution in [0.15, 0.2) is 36.5 Å². The number of benzene rings is 1. The highest BCUT2D eigenvalue weighted by Crippen LogP contribution is 2.20. The summed E-state index contributed by atoms with van der Waals surface area (Å²) in [6.45, 7) is 0. The van der Waals surface area contributed by atoms with Gasteiger partial charge in [-0.2, -0.15) is 0 Å². The largest absolute Gasteiger partial charge is 0.399 e. The first kappa shape index (κ1) is 12.3. The van der Waals surface area contributed by atoms with Crippen molar-refractivity contribution in [1.29, 1.82) is 0 Å². The normalized spacial score (nSPS) is 10.1. The number of carbonyl (C=O) groups is 1. The fourth-order valence-corrected chi connectivity index (χ4v) is 1.66. The van der Waals surface area contributed by atoms with Gasteiger partial charge in [0.15, 0.2) is 0 Å². The Bertz CT molecular complexity index is 583. The zero-order valence-electron chi connectivity index (χ0n) is 9.15. The minimum atomic E-state index is -0.691. The molecule has 0 aliphatic heterocycles. The minimum absolute atomic E-state index is 0.0383. The third kappa shape index (κ3) is 2.57. The second-order valence-electron chi connectivity index (χ2n) is 3.53. The summed E-state index contributed by atoms with van der Waals surface area (Å²) in [5.41, 5.74) is 5.77. The van der Waals surface area contributed by atoms with E-state index < -0.39 is 11.7 Å². The van der Waals surface area contributed by atoms with Crippen molar-refractivity contribution in [3.63, 3.8) is 0 Å². The summed E-state index contributed by atoms with van der Waals surface area (Å²) in [4.78, 5) is 15.7. The minimum Gasteiger partial charge on any atom is -0.399 e. The van der Waals surface area contributed by atoms with Gasteiger partial charge in [0, 0.05) is 18.0 Å². The average Bonchev–Trinajstić information content (AvgIpc) is 2.28. The third-order valence-electron chi connectivity index (χ3n) is 2.22. The molecule has 92 valence electrons. The molecule has 0 spiro atoms. The lowest BCUT2D eigenvalue weighted by atomic mass is 10.2. The summed E-state index contributed by atoms with van der Waals surface area (Å²) in [6, 6.07) is 7.06. The first-order chi connectivity index (χ1) is 8.58. The molecular formula is C12H9ClFN3O. The molecule has 0 atom stereocenters. The van der Waals surface area contributed by atoms with E-state index >= 15 is 0 Å². The van der Waals surface area contributed by atoms with Gasteiger partial charge in [0.25, 0.3) is 5.91 Å². The molecule has 18 heavy (non-hydrogen) atoms. The molecule has 0 fully saturated rings. The third-order valence-corrected chi connectivity index (χ3v) is 2.53. The topological polar surface area (TPSA) is 68.0 Å². The molecule has 0 aliphatic rings. The number of nitrogens with one attached hydrogen (secondary N) is 1. The summed E-state index contributed by atoms with van der Waals surface area (Å²) in [6.07, 6.45) is 1.44. The molecule has 2 aromatic rings. The van der Waals surface area contributed by atoms with Crippen LogP contribution in [-0.4, -0.2) is 10.9 Å². The molecule has 0 bridgehead atoms. The van der Waals surface area contributed by atoms with Gasteiger partial charge >= 0.3 is 0 Å². The maximum absolute atomic E-state index is 13.5. The number of carbonyl (C=O) groups excluding carboxylic acids is 1. The molecule has 1 aromatic carbocycles. The number of pyridine rings is 1. The quantitative estimate of drug-likeness (QED) is 0.877. The van der Waals surface area contributed by atoms with Gasteiger partial charge < -0.3 is 11.1 Å². The van der Waals surface area contributed by atoms with Crippen molar-refractivity contribution in [2.45, 2.75) is 0 Å². The van der Waals surface area contributed by atoms with Crippen molar-refractivity contribution in [3.05, 3.63) is 52.9 Å². The molecule has 6 heteroatoms. The highest BCUT2D eigenvalue weighted by Gasteiger charge is 2.16. The van der Waals surface area contributed by atoms with Gasteiger partial charge in [0.05, 0.1) is 10.6 Å². The number of nitrogens with zero attached hydrogens (tertiary/aromatic N) is 1. The highest BCUT2D eigenvalue weighted by molar-refractivity contribution is 6.34. The lowest BCUT2D eigenvalue weighted by molar-refractivity contribution is 0.102. The number of hydrogen-bond donors (Lipinski definition) is 2. The lowest BCUT2D eigenvalue weighted by Crippen LogP contribution is -2.15. The first-order valence-electron chi connectivity index (χ1n) is 5.05. The maximum Gasteiger partial charge on any atom is 0.261 e. The Kier molecular flexibility index (Phi) is 3.43. The van der Waals surface area contributed by atoms with Crippen LogP contribution < -0.4 is 11.1 Å². The van der Waals surface area contributed by atoms with Gasteiger partial charge in [0.2, 0.25) is 0 Å². The summed E-state index contributed by atoms with van der Waals surface area (Å²) in [5.74, 6) is -1.13. The van der Waals surface area contributed by atoms with Crippen molar-refractivity contribution in [2.75, 3.05) is 11.1 Å². The Morgan fingerprint density at radius 1 is 1.39 bits per heavy atom. The molecule has 4 nitrogen and oxygen atoms in total. The molecule has 0 saturated carbocycles. The molecule has 1 heterocycles. The smallest absolute Gasteiger partial charge is 0.261 e. The maximum atomic E-state index is 13.5. The summed E-state index contributed by atoms with van der Waals surface area (Å²) < 4.78 is 13.5. The van der Waals surface area contributed by atoms with Gasteiger partial charge in [-0.25, -0.2) is 9.37 Å². The van der Waals surface area contributed by atoms with Gasteiger partial charge in [-0.3, -0.25) is 4.79 Å². The molecule has 0 unspecified atom stereocenters. The van der Waals surface area contributed by atoms with Gasteiger partial charge in [-0.1, -0.05) is 17.7 Å². The van der Waals surface area contributed by atoms with E-state index in [2.05, 4.69) is 10.3 Å². The van der Waals surface area contributed by atoms with E-state index in [0.29, 0.717) is 5.69 Å². The van der Waals surface area contributed by atoms with Crippen LogP contribution in [-0.2, 0) is 0 Å². The number of aromatic nitrogens is 1. The Morgan fingerprint density at radius 2 is 2.17 bits per heavy atom. The number of hydrogen-bond acceptors (Lipinski definition) is 3. The Labute approximate surface area is 108 Å². The van der Waals surface area contributed by atoms with Gasteiger partial charge in [0.1, 0.15) is 11.6 Å². The summed E-state index contributed by atoms with van der Waals surface area (Å²) >= 11 is 5.78. The van der Waals surface area contributed by atoms with Crippen molar-refractivity contribution in [1.82, 2.24) is 4.98 Å². The Balaban J connectivity index is 2.28. The van der Waals surface area contributed by atoms with E-state index in [1.165, 1.54) is 24.4 Å². The molecule has 0 saturated heterocycles. The lowest BCUT2D eigenvalue weighted by Gasteiger charge is -2.07. The second-order valence-corrected chi connectivity index (χ2v) is 3.93. The van der Waals surface area contributed by atoms with Crippen LogP contribution >= 0.6 is 11.6 Å². The molecule has 1 aromatic heterocycles. The van der Waals surface area contributed by atoms with E-state index in [1.807, 2.05) is 0 Å². The van der Waals surface area contributed by atoms with Crippen LogP contribution in [0, 0.1) is 5.82 Å². The van der Waals surface area contributed by atoms with Crippen LogP contribution in [0.25, 0.3) is 0 Å². The Morgan fingerprint density at radius 3 is 2.83 bits per heavy atom. The van der Waals surface area contributed by atoms with Crippen molar-refractivity contribution in [3.8, 4) is 0 Å². The zero-order valence-corrected chi connectivity index (χ0v) is 9.91. The molecule has 0 aliphatic carbocycles. The van der Waals surface area contributed by atoms with Crippen LogP contribution in [0.2, 0.25) is 5.02 Å². The van der Waals surface area contributed by atoms with E-state index in [4.69, 9.17) is 17.3 Å². The number of rotatable bonds is 2. The van der Waals surface area contributed by atoms with Gasteiger partial charge in [-0.15, -0.1) is 0 Å². The van der Waals surface area contributed by atoms with E-state index in [1.54, 1.807) is 6.07 Å². The van der Waals surface area contributed by atoms with Crippen LogP contribution in [0.5, 0.6) is 0 Å². The number of nitrogens with two attached hydrogens (primary N) is 1. The SMILES string of the molecule is Nc1ccnc(NC(=O)c2c(F)cccc2Cl)c1. The monoisotopic (exact) mass is 265 g/mol. The van der Waals surface area contributed by atoms with Crippen molar-refractivity contribution < 1.29 is 9.18 Å². The standard InChI is InChI=1S/C12H9ClFN3O/c13-8-2-1-3-9(14)11(8)12(18)17-10-6-7(15)4-5-16-10/h1-6H,(H3,15,16,17,18). The predicted octanol–water partition coefficient (Wildman–Crippen LogP) is 2.71. The first-order valence-corrected chi connectivity index (χ1v) is 5.42. The van der Waals surface area contributed by atoms with Crippen LogP contribution in [0.1, 0.15) is 10.4 Å². The van der Waals surface area contributed by atoms with Crippen molar-refractivity contribution in [2.24, 2.45) is 0 Å². The average molecular weight is 266 g/mol. The predicted molar refractivity (Wildman–Crippen MR) is 68.0 cm³/mol. The number of anilines is 2. The fraction of sp³-hybridized carbons (Fsp3) is 0. The molecule has 2 rings (SSSR count). The number of nitrogen functional groups attached to an aromatic ring is 1. The fourth-order valence-electron chi connectivity index (χ4n) is 1.41. The second kappa shape index (κ2) is 5.01. The van der Waals surface area contributed by atoms with Gasteiger partial charge in [-0.05, 0) is 18.2 Å². The van der Waals surface area contributed by atoms with E-state index in [9.17, 15) is 9.18 Å². The number of amides is 1. The summed E-state index contributed by atoms with van der Waals surface area (Å²) in [5, 5.41) is 2.46. The van der Waals surface area contributed by atoms with E-state index in [-0.39, 0.29) is 16.4 Å². The molecule has 0 radical (unpaired) electrons. The highest BCUT2D eigenvalue weighted by atomic mass is 35.5. The number of halogens is 2. The Hall–Kier alpha value is -2.14. The summed E-state index contributed by atoms with van der Waals surface area (Å²) in [7, 11) is 0. The molecular weight excluding hydrogens is 257 g/mol.